The second-order valence-electron chi connectivity index (χ2n) is 6.12. The predicted molar refractivity (Wildman–Crippen MR) is 117 cm³/mol. The van der Waals surface area contributed by atoms with E-state index in [1.807, 2.05) is 0 Å². The lowest BCUT2D eigenvalue weighted by Gasteiger charge is -2.15. The van der Waals surface area contributed by atoms with E-state index < -0.39 is 17.8 Å². The molecule has 3 aromatic carbocycles. The predicted octanol–water partition coefficient (Wildman–Crippen LogP) is 4.45. The number of para-hydroxylation sites is 1. The number of hydrogen-bond donors (Lipinski definition) is 4. The third-order valence-electron chi connectivity index (χ3n) is 4.18. The summed E-state index contributed by atoms with van der Waals surface area (Å²) in [5, 5.41) is 15.3. The summed E-state index contributed by atoms with van der Waals surface area (Å²) in [5.41, 5.74) is 6.29. The number of carbonyl (C=O) groups is 2. The quantitative estimate of drug-likeness (QED) is 0.447. The normalized spacial score (nSPS) is 10.3. The Morgan fingerprint density at radius 3 is 2.33 bits per heavy atom. The van der Waals surface area contributed by atoms with Gasteiger partial charge in [-0.05, 0) is 24.3 Å². The molecule has 0 aliphatic heterocycles. The molecule has 0 saturated heterocycles. The molecule has 6 nitrogen and oxygen atoms in total. The molecular formula is C21H15ClFN3O3S. The van der Waals surface area contributed by atoms with Crippen molar-refractivity contribution in [2.45, 2.75) is 0 Å². The van der Waals surface area contributed by atoms with Gasteiger partial charge in [0.15, 0.2) is 0 Å². The minimum atomic E-state index is -0.874. The molecule has 0 heterocycles. The maximum absolute atomic E-state index is 13.9. The van der Waals surface area contributed by atoms with Gasteiger partial charge in [0.1, 0.15) is 16.6 Å². The first kappa shape index (κ1) is 21.2. The van der Waals surface area contributed by atoms with Gasteiger partial charge < -0.3 is 16.2 Å². The molecule has 30 heavy (non-hydrogen) atoms. The van der Waals surface area contributed by atoms with Crippen LogP contribution in [0.1, 0.15) is 15.9 Å². The second kappa shape index (κ2) is 8.89. The lowest BCUT2D eigenvalue weighted by atomic mass is 10.0. The molecule has 0 saturated carbocycles. The molecule has 0 aliphatic rings. The van der Waals surface area contributed by atoms with Crippen LogP contribution in [0.5, 0.6) is 5.75 Å². The average molecular weight is 444 g/mol. The number of thiocarbonyl (C=S) groups is 1. The molecule has 5 N–H and O–H groups in total. The highest BCUT2D eigenvalue weighted by molar-refractivity contribution is 7.80. The van der Waals surface area contributed by atoms with Crippen molar-refractivity contribution in [3.05, 3.63) is 82.6 Å². The summed E-state index contributed by atoms with van der Waals surface area (Å²) in [4.78, 5) is 23.4. The van der Waals surface area contributed by atoms with E-state index in [9.17, 15) is 19.1 Å². The molecule has 0 unspecified atom stereocenters. The van der Waals surface area contributed by atoms with Crippen LogP contribution in [0.4, 0.5) is 14.9 Å². The summed E-state index contributed by atoms with van der Waals surface area (Å²) in [6.45, 7) is 0. The zero-order valence-corrected chi connectivity index (χ0v) is 16.9. The Kier molecular flexibility index (Phi) is 6.29. The Bertz CT molecular complexity index is 1170. The lowest BCUT2D eigenvalue weighted by molar-refractivity contribution is 0.102. The van der Waals surface area contributed by atoms with E-state index in [4.69, 9.17) is 29.6 Å². The van der Waals surface area contributed by atoms with Crippen LogP contribution in [-0.2, 0) is 0 Å². The highest BCUT2D eigenvalue weighted by Crippen LogP contribution is 2.40. The second-order valence-corrected chi connectivity index (χ2v) is 6.91. The fourth-order valence-corrected chi connectivity index (χ4v) is 3.33. The van der Waals surface area contributed by atoms with E-state index in [1.54, 1.807) is 36.4 Å². The third kappa shape index (κ3) is 4.40. The Hall–Kier alpha value is -3.49. The minimum absolute atomic E-state index is 0.0475. The number of aromatic hydroxyl groups is 1. The number of nitrogens with one attached hydrogen (secondary N) is 2. The SMILES string of the molecule is NC(=O)NC(=S)c1ccc(-c2ccccc2NC(=O)c2ccccc2F)c(Cl)c1O. The van der Waals surface area contributed by atoms with Crippen molar-refractivity contribution in [1.82, 2.24) is 5.32 Å². The van der Waals surface area contributed by atoms with Crippen molar-refractivity contribution in [2.75, 3.05) is 5.32 Å². The maximum atomic E-state index is 13.9. The number of carbonyl (C=O) groups excluding carboxylic acids is 2. The van der Waals surface area contributed by atoms with E-state index in [0.29, 0.717) is 16.8 Å². The van der Waals surface area contributed by atoms with Crippen molar-refractivity contribution >= 4 is 46.4 Å². The van der Waals surface area contributed by atoms with Crippen LogP contribution < -0.4 is 16.4 Å². The molecule has 9 heteroatoms. The van der Waals surface area contributed by atoms with Gasteiger partial charge in [0.2, 0.25) is 0 Å². The van der Waals surface area contributed by atoms with Gasteiger partial charge in [-0.15, -0.1) is 0 Å². The summed E-state index contributed by atoms with van der Waals surface area (Å²) in [6, 6.07) is 14.5. The van der Waals surface area contributed by atoms with Crippen LogP contribution in [-0.4, -0.2) is 22.0 Å². The zero-order valence-electron chi connectivity index (χ0n) is 15.3. The van der Waals surface area contributed by atoms with Crippen molar-refractivity contribution < 1.29 is 19.1 Å². The number of rotatable bonds is 4. The highest BCUT2D eigenvalue weighted by atomic mass is 35.5. The van der Waals surface area contributed by atoms with E-state index in [0.717, 1.165) is 0 Å². The Morgan fingerprint density at radius 1 is 0.967 bits per heavy atom. The number of amides is 3. The van der Waals surface area contributed by atoms with E-state index in [1.165, 1.54) is 24.3 Å². The van der Waals surface area contributed by atoms with Crippen LogP contribution in [0.25, 0.3) is 11.1 Å². The maximum Gasteiger partial charge on any atom is 0.317 e. The molecule has 3 amide bonds. The lowest BCUT2D eigenvalue weighted by Crippen LogP contribution is -2.34. The fourth-order valence-electron chi connectivity index (χ4n) is 2.80. The van der Waals surface area contributed by atoms with Crippen LogP contribution in [0.2, 0.25) is 5.02 Å². The molecule has 0 fully saturated rings. The molecule has 0 bridgehead atoms. The standard InChI is InChI=1S/C21H15ClFN3O3S/c22-17-12(9-10-14(18(17)27)20(30)26-21(24)29)11-5-2-4-8-16(11)25-19(28)13-6-1-3-7-15(13)23/h1-10,27H,(H,25,28)(H3,24,26,29,30). The van der Waals surface area contributed by atoms with Crippen molar-refractivity contribution in [3.63, 3.8) is 0 Å². The van der Waals surface area contributed by atoms with E-state index in [-0.39, 0.29) is 26.9 Å². The number of primary amides is 1. The first-order valence-corrected chi connectivity index (χ1v) is 9.35. The molecule has 3 rings (SSSR count). The first-order chi connectivity index (χ1) is 14.3. The van der Waals surface area contributed by atoms with E-state index in [2.05, 4.69) is 10.6 Å². The van der Waals surface area contributed by atoms with Gasteiger partial charge in [-0.1, -0.05) is 60.2 Å². The summed E-state index contributed by atoms with van der Waals surface area (Å²) in [6.07, 6.45) is 0. The van der Waals surface area contributed by atoms with Crippen molar-refractivity contribution in [3.8, 4) is 16.9 Å². The van der Waals surface area contributed by atoms with Crippen LogP contribution in [0.3, 0.4) is 0 Å². The van der Waals surface area contributed by atoms with Crippen molar-refractivity contribution in [1.29, 1.82) is 0 Å². The van der Waals surface area contributed by atoms with Gasteiger partial charge in [-0.2, -0.15) is 0 Å². The van der Waals surface area contributed by atoms with Gasteiger partial charge in [0, 0.05) is 16.8 Å². The molecule has 3 aromatic rings. The fraction of sp³-hybridized carbons (Fsp3) is 0. The summed E-state index contributed by atoms with van der Waals surface area (Å²) < 4.78 is 13.9. The van der Waals surface area contributed by atoms with Gasteiger partial charge in [0.05, 0.1) is 16.1 Å². The number of benzene rings is 3. The van der Waals surface area contributed by atoms with Crippen LogP contribution in [0, 0.1) is 5.82 Å². The minimum Gasteiger partial charge on any atom is -0.506 e. The van der Waals surface area contributed by atoms with Crippen molar-refractivity contribution in [2.24, 2.45) is 5.73 Å². The summed E-state index contributed by atoms with van der Waals surface area (Å²) in [5.74, 6) is -1.64. The number of hydrogen-bond acceptors (Lipinski definition) is 4. The average Bonchev–Trinajstić information content (AvgIpc) is 2.70. The molecule has 0 atom stereocenters. The molecular weight excluding hydrogens is 429 g/mol. The largest absolute Gasteiger partial charge is 0.506 e. The molecule has 152 valence electrons. The van der Waals surface area contributed by atoms with Crippen LogP contribution in [0.15, 0.2) is 60.7 Å². The number of phenols is 1. The number of nitrogens with two attached hydrogens (primary N) is 1. The Labute approximate surface area is 181 Å². The topological polar surface area (TPSA) is 104 Å². The summed E-state index contributed by atoms with van der Waals surface area (Å²) in [7, 11) is 0. The van der Waals surface area contributed by atoms with Crippen LogP contribution >= 0.6 is 23.8 Å². The summed E-state index contributed by atoms with van der Waals surface area (Å²) >= 11 is 11.4. The smallest absolute Gasteiger partial charge is 0.317 e. The first-order valence-electron chi connectivity index (χ1n) is 8.57. The van der Waals surface area contributed by atoms with Gasteiger partial charge in [-0.3, -0.25) is 10.1 Å². The number of halogens is 2. The number of anilines is 1. The Morgan fingerprint density at radius 2 is 1.63 bits per heavy atom. The molecule has 0 radical (unpaired) electrons. The third-order valence-corrected chi connectivity index (χ3v) is 4.89. The zero-order chi connectivity index (χ0) is 21.8. The van der Waals surface area contributed by atoms with E-state index >= 15 is 0 Å². The highest BCUT2D eigenvalue weighted by Gasteiger charge is 2.19. The van der Waals surface area contributed by atoms with Gasteiger partial charge >= 0.3 is 6.03 Å². The molecule has 0 aromatic heterocycles. The molecule has 0 spiro atoms. The van der Waals surface area contributed by atoms with Gasteiger partial charge in [0.25, 0.3) is 5.91 Å². The monoisotopic (exact) mass is 443 g/mol. The number of phenolic OH excluding ortho intramolecular Hbond substituents is 1. The molecule has 0 aliphatic carbocycles. The Balaban J connectivity index is 1.99. The number of urea groups is 1. The van der Waals surface area contributed by atoms with Gasteiger partial charge in [-0.25, -0.2) is 9.18 Å².